The predicted octanol–water partition coefficient (Wildman–Crippen LogP) is 2.43. The minimum Gasteiger partial charge on any atom is -0.358 e. The number of Topliss-reactive ketones (excluding diaryl/α,β-unsaturated/α-hetero) is 2. The first kappa shape index (κ1) is 14.4. The summed E-state index contributed by atoms with van der Waals surface area (Å²) in [5.74, 6) is -3.32. The molecule has 4 nitrogen and oxygen atoms in total. The van der Waals surface area contributed by atoms with Gasteiger partial charge in [-0.15, -0.1) is 0 Å². The Morgan fingerprint density at radius 1 is 1.45 bits per heavy atom. The number of hydrogen-bond acceptors (Lipinski definition) is 4. The summed E-state index contributed by atoms with van der Waals surface area (Å²) in [6.07, 6.45) is 2.03. The molecule has 20 heavy (non-hydrogen) atoms. The lowest BCUT2D eigenvalue weighted by molar-refractivity contribution is -0.239. The molecule has 0 aromatic heterocycles. The molecule has 1 spiro atoms. The third kappa shape index (κ3) is 1.35. The quantitative estimate of drug-likeness (QED) is 0.779. The van der Waals surface area contributed by atoms with Crippen LogP contribution in [0.5, 0.6) is 0 Å². The van der Waals surface area contributed by atoms with Crippen LogP contribution in [-0.2, 0) is 14.3 Å². The van der Waals surface area contributed by atoms with Crippen LogP contribution in [0.3, 0.4) is 0 Å². The van der Waals surface area contributed by atoms with E-state index in [9.17, 15) is 14.7 Å². The van der Waals surface area contributed by atoms with E-state index < -0.39 is 28.4 Å². The SMILES string of the molecule is CC=C(Br)C1=C(Cl)C(=O)C23CC2C(C)(C)OC3(O)C1=O. The lowest BCUT2D eigenvalue weighted by Crippen LogP contribution is -2.55. The topological polar surface area (TPSA) is 63.6 Å². The summed E-state index contributed by atoms with van der Waals surface area (Å²) in [6.45, 7) is 5.26. The second-order valence-electron chi connectivity index (χ2n) is 6.06. The highest BCUT2D eigenvalue weighted by molar-refractivity contribution is 9.12. The number of ether oxygens (including phenoxy) is 1. The van der Waals surface area contributed by atoms with Gasteiger partial charge < -0.3 is 9.84 Å². The molecule has 3 aliphatic rings. The number of hydrogen-bond donors (Lipinski definition) is 1. The van der Waals surface area contributed by atoms with Crippen LogP contribution in [0.25, 0.3) is 0 Å². The van der Waals surface area contributed by atoms with Crippen LogP contribution >= 0.6 is 27.5 Å². The van der Waals surface area contributed by atoms with Crippen LogP contribution in [0.1, 0.15) is 27.2 Å². The van der Waals surface area contributed by atoms with Crippen molar-refractivity contribution in [3.05, 3.63) is 21.2 Å². The Kier molecular flexibility index (Phi) is 2.76. The highest BCUT2D eigenvalue weighted by Gasteiger charge is 2.85. The fourth-order valence-corrected chi connectivity index (χ4v) is 4.46. The Labute approximate surface area is 129 Å². The highest BCUT2D eigenvalue weighted by Crippen LogP contribution is 2.74. The van der Waals surface area contributed by atoms with E-state index >= 15 is 0 Å². The summed E-state index contributed by atoms with van der Waals surface area (Å²) in [7, 11) is 0. The summed E-state index contributed by atoms with van der Waals surface area (Å²) < 4.78 is 5.98. The molecule has 3 unspecified atom stereocenters. The Hall–Kier alpha value is -0.490. The first-order valence-corrected chi connectivity index (χ1v) is 7.54. The molecule has 0 bridgehead atoms. The summed E-state index contributed by atoms with van der Waals surface area (Å²) in [4.78, 5) is 25.3. The second-order valence-corrected chi connectivity index (χ2v) is 7.29. The zero-order valence-electron chi connectivity index (χ0n) is 11.3. The molecule has 2 fully saturated rings. The second kappa shape index (κ2) is 3.83. The molecule has 1 heterocycles. The van der Waals surface area contributed by atoms with E-state index in [1.54, 1.807) is 26.8 Å². The van der Waals surface area contributed by atoms with Gasteiger partial charge in [-0.3, -0.25) is 9.59 Å². The lowest BCUT2D eigenvalue weighted by Gasteiger charge is -2.36. The van der Waals surface area contributed by atoms with E-state index in [-0.39, 0.29) is 16.5 Å². The first-order valence-electron chi connectivity index (χ1n) is 6.37. The number of aliphatic hydroxyl groups is 1. The van der Waals surface area contributed by atoms with Crippen molar-refractivity contribution in [3.8, 4) is 0 Å². The van der Waals surface area contributed by atoms with Crippen molar-refractivity contribution in [3.63, 3.8) is 0 Å². The van der Waals surface area contributed by atoms with Gasteiger partial charge in [0, 0.05) is 10.4 Å². The molecule has 1 saturated heterocycles. The highest BCUT2D eigenvalue weighted by atomic mass is 79.9. The summed E-state index contributed by atoms with van der Waals surface area (Å²) in [5.41, 5.74) is -1.93. The number of rotatable bonds is 1. The van der Waals surface area contributed by atoms with Gasteiger partial charge in [0.25, 0.3) is 0 Å². The molecule has 108 valence electrons. The van der Waals surface area contributed by atoms with Gasteiger partial charge in [0.2, 0.25) is 11.6 Å². The van der Waals surface area contributed by atoms with E-state index in [2.05, 4.69) is 15.9 Å². The Bertz CT molecular complexity index is 621. The van der Waals surface area contributed by atoms with Gasteiger partial charge in [0.1, 0.15) is 5.41 Å². The monoisotopic (exact) mass is 360 g/mol. The normalized spacial score (nSPS) is 42.7. The molecule has 0 amide bonds. The number of halogens is 2. The van der Waals surface area contributed by atoms with Gasteiger partial charge in [0.15, 0.2) is 5.78 Å². The number of ketones is 2. The smallest absolute Gasteiger partial charge is 0.245 e. The Morgan fingerprint density at radius 3 is 2.55 bits per heavy atom. The first-order chi connectivity index (χ1) is 9.13. The van der Waals surface area contributed by atoms with Gasteiger partial charge in [-0.2, -0.15) is 0 Å². The molecular formula is C14H14BrClO4. The molecule has 2 aliphatic carbocycles. The maximum atomic E-state index is 12.7. The van der Waals surface area contributed by atoms with Gasteiger partial charge >= 0.3 is 0 Å². The zero-order valence-corrected chi connectivity index (χ0v) is 13.6. The van der Waals surface area contributed by atoms with Gasteiger partial charge in [-0.1, -0.05) is 33.6 Å². The molecule has 3 rings (SSSR count). The molecule has 0 radical (unpaired) electrons. The van der Waals surface area contributed by atoms with Crippen LogP contribution < -0.4 is 0 Å². The molecule has 0 aromatic carbocycles. The van der Waals surface area contributed by atoms with E-state index in [4.69, 9.17) is 16.3 Å². The van der Waals surface area contributed by atoms with Crippen molar-refractivity contribution in [1.82, 2.24) is 0 Å². The predicted molar refractivity (Wildman–Crippen MR) is 76.2 cm³/mol. The fraction of sp³-hybridized carbons (Fsp3) is 0.571. The molecule has 3 atom stereocenters. The Morgan fingerprint density at radius 2 is 2.05 bits per heavy atom. The molecule has 1 aliphatic heterocycles. The van der Waals surface area contributed by atoms with Gasteiger partial charge in [0.05, 0.1) is 16.2 Å². The minimum atomic E-state index is -2.10. The van der Waals surface area contributed by atoms with E-state index in [0.717, 1.165) is 0 Å². The van der Waals surface area contributed by atoms with Crippen molar-refractivity contribution in [1.29, 1.82) is 0 Å². The molecular weight excluding hydrogens is 348 g/mol. The van der Waals surface area contributed by atoms with Crippen LogP contribution in [-0.4, -0.2) is 28.1 Å². The number of allylic oxidation sites excluding steroid dienone is 3. The third-order valence-electron chi connectivity index (χ3n) is 4.67. The fourth-order valence-electron chi connectivity index (χ4n) is 3.61. The van der Waals surface area contributed by atoms with Crippen molar-refractivity contribution in [2.75, 3.05) is 0 Å². The zero-order chi connectivity index (χ0) is 15.1. The lowest BCUT2D eigenvalue weighted by atomic mass is 9.77. The van der Waals surface area contributed by atoms with Crippen molar-refractivity contribution >= 4 is 39.1 Å². The van der Waals surface area contributed by atoms with Crippen LogP contribution in [0.4, 0.5) is 0 Å². The Balaban J connectivity index is 2.23. The molecule has 0 aromatic rings. The standard InChI is InChI=1S/C14H14BrClO4/c1-4-6(15)8-9(16)11(18)13-5-7(13)12(2,3)20-14(13,19)10(8)17/h4,7,19H,5H2,1-3H3. The van der Waals surface area contributed by atoms with Crippen molar-refractivity contribution in [2.24, 2.45) is 11.3 Å². The number of carbonyl (C=O) groups is 2. The molecule has 6 heteroatoms. The molecule has 1 saturated carbocycles. The minimum absolute atomic E-state index is 0.00404. The van der Waals surface area contributed by atoms with E-state index in [1.807, 2.05) is 0 Å². The van der Waals surface area contributed by atoms with Crippen LogP contribution in [0.15, 0.2) is 21.2 Å². The van der Waals surface area contributed by atoms with Crippen molar-refractivity contribution in [2.45, 2.75) is 38.6 Å². The van der Waals surface area contributed by atoms with E-state index in [0.29, 0.717) is 10.9 Å². The molecule has 1 N–H and O–H groups in total. The number of carbonyl (C=O) groups excluding carboxylic acids is 2. The maximum absolute atomic E-state index is 12.7. The maximum Gasteiger partial charge on any atom is 0.245 e. The summed E-state index contributed by atoms with van der Waals surface area (Å²) in [5, 5.41) is 10.7. The van der Waals surface area contributed by atoms with Crippen LogP contribution in [0, 0.1) is 11.3 Å². The van der Waals surface area contributed by atoms with Crippen molar-refractivity contribution < 1.29 is 19.4 Å². The summed E-state index contributed by atoms with van der Waals surface area (Å²) in [6, 6.07) is 0. The average molecular weight is 362 g/mol. The van der Waals surface area contributed by atoms with Crippen LogP contribution in [0.2, 0.25) is 0 Å². The van der Waals surface area contributed by atoms with Gasteiger partial charge in [-0.25, -0.2) is 0 Å². The van der Waals surface area contributed by atoms with E-state index in [1.165, 1.54) is 0 Å². The summed E-state index contributed by atoms with van der Waals surface area (Å²) >= 11 is 9.32. The van der Waals surface area contributed by atoms with Gasteiger partial charge in [-0.05, 0) is 27.2 Å². The largest absolute Gasteiger partial charge is 0.358 e. The third-order valence-corrected chi connectivity index (χ3v) is 5.88. The average Bonchev–Trinajstić information content (AvgIpc) is 3.09.